The van der Waals surface area contributed by atoms with Crippen LogP contribution in [0.1, 0.15) is 16.5 Å². The number of guanidine groups is 1. The van der Waals surface area contributed by atoms with E-state index in [4.69, 9.17) is 0 Å². The quantitative estimate of drug-likeness (QED) is 0.380. The molecule has 0 amide bonds. The summed E-state index contributed by atoms with van der Waals surface area (Å²) in [5.41, 5.74) is 1.33. The van der Waals surface area contributed by atoms with Crippen molar-refractivity contribution in [3.8, 4) is 0 Å². The maximum Gasteiger partial charge on any atom is 0.191 e. The number of halogens is 1. The molecule has 0 saturated heterocycles. The highest BCUT2D eigenvalue weighted by Crippen LogP contribution is 2.22. The Morgan fingerprint density at radius 3 is 2.46 bits per heavy atom. The van der Waals surface area contributed by atoms with Gasteiger partial charge in [-0.25, -0.2) is 0 Å². The molecule has 1 aromatic carbocycles. The minimum absolute atomic E-state index is 0. The van der Waals surface area contributed by atoms with Crippen molar-refractivity contribution in [2.24, 2.45) is 4.99 Å². The van der Waals surface area contributed by atoms with Crippen molar-refractivity contribution in [3.05, 3.63) is 58.3 Å². The van der Waals surface area contributed by atoms with Gasteiger partial charge in [0.15, 0.2) is 5.96 Å². The van der Waals surface area contributed by atoms with Gasteiger partial charge in [0.25, 0.3) is 0 Å². The van der Waals surface area contributed by atoms with Crippen LogP contribution in [0.15, 0.2) is 52.8 Å². The number of thiophene rings is 1. The summed E-state index contributed by atoms with van der Waals surface area (Å²) in [6, 6.07) is 15.1. The van der Waals surface area contributed by atoms with Crippen molar-refractivity contribution in [2.75, 3.05) is 34.2 Å². The highest BCUT2D eigenvalue weighted by molar-refractivity contribution is 14.0. The molecule has 0 bridgehead atoms. The van der Waals surface area contributed by atoms with E-state index < -0.39 is 0 Å². The number of aliphatic imine (C=N–C) groups is 1. The monoisotopic (exact) mass is 458 g/mol. The van der Waals surface area contributed by atoms with Crippen LogP contribution in [0.2, 0.25) is 0 Å². The Kier molecular flexibility index (Phi) is 9.97. The number of likely N-dealkylation sites (N-methyl/N-ethyl adjacent to an activating group) is 1. The Hall–Kier alpha value is -1.12. The van der Waals surface area contributed by atoms with Gasteiger partial charge in [-0.05, 0) is 37.5 Å². The molecular weight excluding hydrogens is 431 g/mol. The van der Waals surface area contributed by atoms with E-state index in [1.165, 1.54) is 10.4 Å². The summed E-state index contributed by atoms with van der Waals surface area (Å²) in [5.74, 6) is 0.851. The fourth-order valence-electron chi connectivity index (χ4n) is 2.40. The number of hydrogen-bond acceptors (Lipinski definition) is 3. The first-order valence-electron chi connectivity index (χ1n) is 7.89. The zero-order valence-corrected chi connectivity index (χ0v) is 17.7. The summed E-state index contributed by atoms with van der Waals surface area (Å²) in [4.78, 5) is 7.91. The van der Waals surface area contributed by atoms with Crippen LogP contribution >= 0.6 is 35.3 Å². The van der Waals surface area contributed by atoms with Gasteiger partial charge in [0, 0.05) is 25.0 Å². The molecule has 0 aliphatic carbocycles. The standard InChI is InChI=1S/C18H26N4S.HI/c1-19-18(20-12-11-15-8-5-4-6-9-15)21-14-16(22(2)3)17-10-7-13-23-17;/h4-10,13,16H,11-12,14H2,1-3H3,(H2,19,20,21);1H. The van der Waals surface area contributed by atoms with E-state index in [2.05, 4.69) is 76.4 Å². The molecule has 132 valence electrons. The first-order chi connectivity index (χ1) is 11.2. The fourth-order valence-corrected chi connectivity index (χ4v) is 3.33. The molecule has 4 nitrogen and oxygen atoms in total. The summed E-state index contributed by atoms with van der Waals surface area (Å²) < 4.78 is 0. The van der Waals surface area contributed by atoms with Crippen molar-refractivity contribution >= 4 is 41.3 Å². The van der Waals surface area contributed by atoms with E-state index in [0.717, 1.165) is 25.5 Å². The number of nitrogens with zero attached hydrogens (tertiary/aromatic N) is 2. The minimum atomic E-state index is 0. The molecule has 0 radical (unpaired) electrons. The van der Waals surface area contributed by atoms with E-state index in [1.54, 1.807) is 11.3 Å². The Balaban J connectivity index is 0.00000288. The van der Waals surface area contributed by atoms with Crippen LogP contribution in [-0.4, -0.2) is 45.1 Å². The van der Waals surface area contributed by atoms with Crippen LogP contribution in [0.3, 0.4) is 0 Å². The van der Waals surface area contributed by atoms with Crippen molar-refractivity contribution < 1.29 is 0 Å². The van der Waals surface area contributed by atoms with Gasteiger partial charge in [0.1, 0.15) is 0 Å². The first-order valence-corrected chi connectivity index (χ1v) is 8.77. The summed E-state index contributed by atoms with van der Waals surface area (Å²) >= 11 is 1.79. The third kappa shape index (κ3) is 6.78. The molecular formula is C18H27IN4S. The van der Waals surface area contributed by atoms with Crippen LogP contribution in [0, 0.1) is 0 Å². The molecule has 2 N–H and O–H groups in total. The van der Waals surface area contributed by atoms with Crippen molar-refractivity contribution in [1.29, 1.82) is 0 Å². The molecule has 6 heteroatoms. The maximum atomic E-state index is 4.31. The predicted molar refractivity (Wildman–Crippen MR) is 116 cm³/mol. The molecule has 2 rings (SSSR count). The zero-order valence-electron chi connectivity index (χ0n) is 14.5. The Morgan fingerprint density at radius 1 is 1.12 bits per heavy atom. The topological polar surface area (TPSA) is 39.7 Å². The number of rotatable bonds is 7. The average molecular weight is 458 g/mol. The second-order valence-corrected chi connectivity index (χ2v) is 6.59. The summed E-state index contributed by atoms with van der Waals surface area (Å²) in [5, 5.41) is 8.93. The predicted octanol–water partition coefficient (Wildman–Crippen LogP) is 3.38. The van der Waals surface area contributed by atoms with Crippen LogP contribution in [0.25, 0.3) is 0 Å². The second kappa shape index (κ2) is 11.4. The molecule has 0 aliphatic heterocycles. The van der Waals surface area contributed by atoms with Gasteiger partial charge in [-0.15, -0.1) is 35.3 Å². The molecule has 0 spiro atoms. The van der Waals surface area contributed by atoms with Gasteiger partial charge >= 0.3 is 0 Å². The SMILES string of the molecule is CN=C(NCCc1ccccc1)NCC(c1cccs1)N(C)C.I. The normalized spacial score (nSPS) is 12.6. The molecule has 1 heterocycles. The van der Waals surface area contributed by atoms with E-state index in [0.29, 0.717) is 6.04 Å². The van der Waals surface area contributed by atoms with Crippen LogP contribution in [0.4, 0.5) is 0 Å². The third-order valence-corrected chi connectivity index (χ3v) is 4.70. The third-order valence-electron chi connectivity index (χ3n) is 3.73. The van der Waals surface area contributed by atoms with Crippen molar-refractivity contribution in [2.45, 2.75) is 12.5 Å². The smallest absolute Gasteiger partial charge is 0.191 e. The van der Waals surface area contributed by atoms with Crippen molar-refractivity contribution in [1.82, 2.24) is 15.5 Å². The van der Waals surface area contributed by atoms with E-state index in [1.807, 2.05) is 13.1 Å². The largest absolute Gasteiger partial charge is 0.356 e. The summed E-state index contributed by atoms with van der Waals surface area (Å²) in [7, 11) is 6.03. The molecule has 1 aromatic heterocycles. The minimum Gasteiger partial charge on any atom is -0.356 e. The van der Waals surface area contributed by atoms with Gasteiger partial charge < -0.3 is 15.5 Å². The molecule has 2 aromatic rings. The molecule has 1 atom stereocenters. The molecule has 0 fully saturated rings. The zero-order chi connectivity index (χ0) is 16.5. The lowest BCUT2D eigenvalue weighted by Crippen LogP contribution is -2.42. The number of benzene rings is 1. The second-order valence-electron chi connectivity index (χ2n) is 5.61. The Morgan fingerprint density at radius 2 is 1.88 bits per heavy atom. The molecule has 1 unspecified atom stereocenters. The Bertz CT molecular complexity index is 584. The van der Waals surface area contributed by atoms with E-state index in [9.17, 15) is 0 Å². The lowest BCUT2D eigenvalue weighted by Gasteiger charge is -2.24. The summed E-state index contributed by atoms with van der Waals surface area (Å²) in [6.45, 7) is 1.70. The Labute approximate surface area is 166 Å². The van der Waals surface area contributed by atoms with E-state index in [-0.39, 0.29) is 24.0 Å². The summed E-state index contributed by atoms with van der Waals surface area (Å²) in [6.07, 6.45) is 0.990. The lowest BCUT2D eigenvalue weighted by molar-refractivity contribution is 0.302. The van der Waals surface area contributed by atoms with Gasteiger partial charge in [0.2, 0.25) is 0 Å². The number of hydrogen-bond donors (Lipinski definition) is 2. The highest BCUT2D eigenvalue weighted by atomic mass is 127. The first kappa shape index (κ1) is 20.9. The van der Waals surface area contributed by atoms with Gasteiger partial charge in [-0.2, -0.15) is 0 Å². The lowest BCUT2D eigenvalue weighted by atomic mass is 10.1. The number of nitrogens with one attached hydrogen (secondary N) is 2. The van der Waals surface area contributed by atoms with Crippen LogP contribution in [-0.2, 0) is 6.42 Å². The van der Waals surface area contributed by atoms with Crippen LogP contribution < -0.4 is 10.6 Å². The van der Waals surface area contributed by atoms with Crippen molar-refractivity contribution in [3.63, 3.8) is 0 Å². The van der Waals surface area contributed by atoms with Gasteiger partial charge in [0.05, 0.1) is 6.04 Å². The highest BCUT2D eigenvalue weighted by Gasteiger charge is 2.15. The van der Waals surface area contributed by atoms with Gasteiger partial charge in [-0.1, -0.05) is 36.4 Å². The molecule has 0 aliphatic rings. The fraction of sp³-hybridized carbons (Fsp3) is 0.389. The molecule has 0 saturated carbocycles. The maximum absolute atomic E-state index is 4.31. The van der Waals surface area contributed by atoms with Crippen LogP contribution in [0.5, 0.6) is 0 Å². The van der Waals surface area contributed by atoms with Gasteiger partial charge in [-0.3, -0.25) is 4.99 Å². The van der Waals surface area contributed by atoms with E-state index >= 15 is 0 Å². The average Bonchev–Trinajstić information content (AvgIpc) is 3.08. The molecule has 24 heavy (non-hydrogen) atoms.